The van der Waals surface area contributed by atoms with Crippen molar-refractivity contribution in [3.63, 3.8) is 0 Å². The first-order valence-electron chi connectivity index (χ1n) is 7.26. The van der Waals surface area contributed by atoms with Crippen molar-refractivity contribution in [1.29, 1.82) is 0 Å². The van der Waals surface area contributed by atoms with Crippen molar-refractivity contribution < 1.29 is 4.74 Å². The molecule has 1 aromatic rings. The Balaban J connectivity index is 2.14. The van der Waals surface area contributed by atoms with Crippen LogP contribution in [0.2, 0.25) is 0 Å². The number of anilines is 1. The summed E-state index contributed by atoms with van der Waals surface area (Å²) in [5.41, 5.74) is 1.30. The van der Waals surface area contributed by atoms with Gasteiger partial charge in [-0.25, -0.2) is 4.98 Å². The maximum Gasteiger partial charge on any atom is 0.186 e. The fourth-order valence-corrected chi connectivity index (χ4v) is 3.44. The Morgan fingerprint density at radius 2 is 2.10 bits per heavy atom. The Kier molecular flexibility index (Phi) is 4.42. The van der Waals surface area contributed by atoms with Gasteiger partial charge in [-0.2, -0.15) is 0 Å². The number of ether oxygens (including phenoxy) is 1. The van der Waals surface area contributed by atoms with Gasteiger partial charge in [0.15, 0.2) is 5.13 Å². The molecule has 1 aliphatic heterocycles. The molecule has 0 bridgehead atoms. The van der Waals surface area contributed by atoms with E-state index in [1.807, 2.05) is 0 Å². The van der Waals surface area contributed by atoms with E-state index < -0.39 is 0 Å². The third kappa shape index (κ3) is 3.71. The first kappa shape index (κ1) is 15.7. The van der Waals surface area contributed by atoms with E-state index in [9.17, 15) is 0 Å². The van der Waals surface area contributed by atoms with E-state index in [-0.39, 0.29) is 11.1 Å². The van der Waals surface area contributed by atoms with Crippen molar-refractivity contribution in [1.82, 2.24) is 10.3 Å². The van der Waals surface area contributed by atoms with Gasteiger partial charge in [-0.15, -0.1) is 11.3 Å². The minimum atomic E-state index is 0.0251. The highest BCUT2D eigenvalue weighted by molar-refractivity contribution is 7.15. The van der Waals surface area contributed by atoms with Crippen LogP contribution in [-0.4, -0.2) is 35.8 Å². The first-order valence-corrected chi connectivity index (χ1v) is 8.07. The van der Waals surface area contributed by atoms with Crippen molar-refractivity contribution >= 4 is 16.5 Å². The lowest BCUT2D eigenvalue weighted by molar-refractivity contribution is 0.0643. The predicted molar refractivity (Wildman–Crippen MR) is 85.7 cm³/mol. The molecule has 0 unspecified atom stereocenters. The Bertz CT molecular complexity index is 462. The molecule has 0 atom stereocenters. The largest absolute Gasteiger partial charge is 0.377 e. The molecule has 1 aromatic heterocycles. The number of aryl methyl sites for hydroxylation is 1. The van der Waals surface area contributed by atoms with Gasteiger partial charge >= 0.3 is 0 Å². The molecule has 1 aliphatic rings. The van der Waals surface area contributed by atoms with E-state index in [1.165, 1.54) is 4.88 Å². The number of hydrogen-bond donors (Lipinski definition) is 1. The highest BCUT2D eigenvalue weighted by Crippen LogP contribution is 2.32. The maximum absolute atomic E-state index is 5.59. The van der Waals surface area contributed by atoms with E-state index in [2.05, 4.69) is 51.8 Å². The fraction of sp³-hybridized carbons (Fsp3) is 0.800. The summed E-state index contributed by atoms with van der Waals surface area (Å²) in [7, 11) is 0. The van der Waals surface area contributed by atoms with E-state index in [1.54, 1.807) is 11.3 Å². The molecule has 2 rings (SSSR count). The zero-order valence-corrected chi connectivity index (χ0v) is 14.4. The van der Waals surface area contributed by atoms with Crippen LogP contribution in [0.15, 0.2) is 0 Å². The van der Waals surface area contributed by atoms with Gasteiger partial charge in [0, 0.05) is 23.5 Å². The second-order valence-electron chi connectivity index (χ2n) is 7.13. The number of hydrogen-bond acceptors (Lipinski definition) is 5. The SMILES string of the molecule is Cc1nc(N2CCOCC2(C)C)sc1CNC(C)(C)C. The van der Waals surface area contributed by atoms with Crippen LogP contribution in [0.4, 0.5) is 5.13 Å². The molecule has 1 saturated heterocycles. The Hall–Kier alpha value is -0.650. The molecule has 4 nitrogen and oxygen atoms in total. The molecular formula is C15H27N3OS. The molecule has 0 amide bonds. The molecule has 5 heteroatoms. The summed E-state index contributed by atoms with van der Waals surface area (Å²) < 4.78 is 5.59. The number of rotatable bonds is 3. The monoisotopic (exact) mass is 297 g/mol. The quantitative estimate of drug-likeness (QED) is 0.931. The molecule has 114 valence electrons. The van der Waals surface area contributed by atoms with Gasteiger partial charge in [0.1, 0.15) is 0 Å². The van der Waals surface area contributed by atoms with Crippen LogP contribution in [0.25, 0.3) is 0 Å². The molecule has 2 heterocycles. The van der Waals surface area contributed by atoms with Gasteiger partial charge in [0.25, 0.3) is 0 Å². The maximum atomic E-state index is 5.59. The summed E-state index contributed by atoms with van der Waals surface area (Å²) in [5.74, 6) is 0. The Morgan fingerprint density at radius 1 is 1.40 bits per heavy atom. The van der Waals surface area contributed by atoms with Gasteiger partial charge in [-0.1, -0.05) is 0 Å². The van der Waals surface area contributed by atoms with Crippen molar-refractivity contribution in [2.75, 3.05) is 24.7 Å². The molecule has 1 N–H and O–H groups in total. The van der Waals surface area contributed by atoms with Gasteiger partial charge in [0.2, 0.25) is 0 Å². The van der Waals surface area contributed by atoms with Gasteiger partial charge in [-0.05, 0) is 41.5 Å². The lowest BCUT2D eigenvalue weighted by Crippen LogP contribution is -2.53. The summed E-state index contributed by atoms with van der Waals surface area (Å²) in [6.45, 7) is 16.5. The zero-order chi connectivity index (χ0) is 15.0. The average molecular weight is 297 g/mol. The summed E-state index contributed by atoms with van der Waals surface area (Å²) >= 11 is 1.81. The number of nitrogens with zero attached hydrogens (tertiary/aromatic N) is 2. The summed E-state index contributed by atoms with van der Waals surface area (Å²) in [5, 5.41) is 4.67. The third-order valence-electron chi connectivity index (χ3n) is 3.54. The summed E-state index contributed by atoms with van der Waals surface area (Å²) in [6, 6.07) is 0. The number of thiazole rings is 1. The fourth-order valence-electron chi connectivity index (χ4n) is 2.25. The molecule has 0 radical (unpaired) electrons. The first-order chi connectivity index (χ1) is 9.19. The summed E-state index contributed by atoms with van der Waals surface area (Å²) in [6.07, 6.45) is 0. The second-order valence-corrected chi connectivity index (χ2v) is 8.19. The van der Waals surface area contributed by atoms with Crippen molar-refractivity contribution in [3.8, 4) is 0 Å². The third-order valence-corrected chi connectivity index (χ3v) is 4.72. The van der Waals surface area contributed by atoms with Crippen LogP contribution in [0.1, 0.15) is 45.2 Å². The normalized spacial score (nSPS) is 19.4. The van der Waals surface area contributed by atoms with Crippen molar-refractivity contribution in [2.45, 2.75) is 59.2 Å². The van der Waals surface area contributed by atoms with Gasteiger partial charge in [-0.3, -0.25) is 0 Å². The highest BCUT2D eigenvalue weighted by atomic mass is 32.1. The van der Waals surface area contributed by atoms with Crippen LogP contribution < -0.4 is 10.2 Å². The van der Waals surface area contributed by atoms with Gasteiger partial charge < -0.3 is 15.0 Å². The van der Waals surface area contributed by atoms with Crippen LogP contribution in [0.3, 0.4) is 0 Å². The summed E-state index contributed by atoms with van der Waals surface area (Å²) in [4.78, 5) is 8.49. The number of aromatic nitrogens is 1. The van der Waals surface area contributed by atoms with E-state index in [0.29, 0.717) is 0 Å². The Labute approximate surface area is 126 Å². The van der Waals surface area contributed by atoms with Crippen LogP contribution >= 0.6 is 11.3 Å². The number of nitrogens with one attached hydrogen (secondary N) is 1. The van der Waals surface area contributed by atoms with Crippen LogP contribution in [-0.2, 0) is 11.3 Å². The highest BCUT2D eigenvalue weighted by Gasteiger charge is 2.32. The van der Waals surface area contributed by atoms with E-state index in [4.69, 9.17) is 9.72 Å². The molecule has 0 aliphatic carbocycles. The predicted octanol–water partition coefficient (Wildman–Crippen LogP) is 2.95. The number of morpholine rings is 1. The van der Waals surface area contributed by atoms with Gasteiger partial charge in [0.05, 0.1) is 24.4 Å². The molecule has 0 aromatic carbocycles. The average Bonchev–Trinajstić information content (AvgIpc) is 2.66. The molecule has 1 fully saturated rings. The smallest absolute Gasteiger partial charge is 0.186 e. The van der Waals surface area contributed by atoms with E-state index in [0.717, 1.165) is 37.1 Å². The lowest BCUT2D eigenvalue weighted by Gasteiger charge is -2.42. The minimum Gasteiger partial charge on any atom is -0.377 e. The minimum absolute atomic E-state index is 0.0251. The second kappa shape index (κ2) is 5.62. The molecule has 0 spiro atoms. The van der Waals surface area contributed by atoms with Crippen LogP contribution in [0.5, 0.6) is 0 Å². The lowest BCUT2D eigenvalue weighted by atomic mass is 10.0. The Morgan fingerprint density at radius 3 is 2.70 bits per heavy atom. The zero-order valence-electron chi connectivity index (χ0n) is 13.5. The standard InChI is InChI=1S/C15H27N3OS/c1-11-12(9-16-14(2,3)4)20-13(17-11)18-7-8-19-10-15(18,5)6/h16H,7-10H2,1-6H3. The van der Waals surface area contributed by atoms with Crippen molar-refractivity contribution in [2.24, 2.45) is 0 Å². The molecular weight excluding hydrogens is 270 g/mol. The van der Waals surface area contributed by atoms with Crippen molar-refractivity contribution in [3.05, 3.63) is 10.6 Å². The topological polar surface area (TPSA) is 37.4 Å². The van der Waals surface area contributed by atoms with E-state index >= 15 is 0 Å². The van der Waals surface area contributed by atoms with Crippen LogP contribution in [0, 0.1) is 6.92 Å². The molecule has 0 saturated carbocycles. The molecule has 20 heavy (non-hydrogen) atoms.